The minimum Gasteiger partial charge on any atom is -0.300 e. The largest absolute Gasteiger partial charge is 0.300 e. The molecule has 3 atom stereocenters. The summed E-state index contributed by atoms with van der Waals surface area (Å²) in [6.07, 6.45) is 7.25. The van der Waals surface area contributed by atoms with E-state index in [0.717, 1.165) is 16.5 Å². The number of nitrogens with one attached hydrogen (secondary N) is 1. The summed E-state index contributed by atoms with van der Waals surface area (Å²) in [4.78, 5) is 0. The van der Waals surface area contributed by atoms with Gasteiger partial charge in [-0.25, -0.2) is 0 Å². The van der Waals surface area contributed by atoms with Crippen molar-refractivity contribution in [3.8, 4) is 0 Å². The van der Waals surface area contributed by atoms with E-state index < -0.39 is 0 Å². The first kappa shape index (κ1) is 10.3. The van der Waals surface area contributed by atoms with Crippen molar-refractivity contribution in [3.63, 3.8) is 0 Å². The van der Waals surface area contributed by atoms with E-state index in [0.29, 0.717) is 17.9 Å². The van der Waals surface area contributed by atoms with Crippen molar-refractivity contribution in [1.82, 2.24) is 14.8 Å². The highest BCUT2D eigenvalue weighted by atomic mass is 32.1. The fourth-order valence-corrected chi connectivity index (χ4v) is 3.37. The van der Waals surface area contributed by atoms with Gasteiger partial charge in [0, 0.05) is 12.0 Å². The molecule has 16 heavy (non-hydrogen) atoms. The Bertz CT molecular complexity index is 483. The van der Waals surface area contributed by atoms with Crippen LogP contribution in [0.2, 0.25) is 0 Å². The van der Waals surface area contributed by atoms with E-state index >= 15 is 0 Å². The Labute approximate surface area is 101 Å². The zero-order valence-corrected chi connectivity index (χ0v) is 10.5. The molecule has 86 valence electrons. The fraction of sp³-hybridized carbons (Fsp3) is 0.667. The summed E-state index contributed by atoms with van der Waals surface area (Å²) in [5.74, 6) is 2.98. The first-order chi connectivity index (χ1) is 7.66. The Balaban J connectivity index is 2.03. The third-order valence-corrected chi connectivity index (χ3v) is 4.11. The van der Waals surface area contributed by atoms with Crippen LogP contribution in [0.15, 0.2) is 12.2 Å². The molecule has 0 amide bonds. The van der Waals surface area contributed by atoms with Crippen molar-refractivity contribution in [2.75, 3.05) is 0 Å². The maximum absolute atomic E-state index is 5.37. The number of hydrogen-bond donors (Lipinski definition) is 1. The van der Waals surface area contributed by atoms with Gasteiger partial charge in [-0.3, -0.25) is 5.10 Å². The maximum Gasteiger partial charge on any atom is 0.195 e. The van der Waals surface area contributed by atoms with Crippen LogP contribution in [0.1, 0.15) is 44.5 Å². The van der Waals surface area contributed by atoms with Crippen molar-refractivity contribution in [3.05, 3.63) is 22.7 Å². The molecule has 1 aromatic heterocycles. The molecule has 0 saturated heterocycles. The van der Waals surface area contributed by atoms with Crippen LogP contribution in [-0.2, 0) is 0 Å². The zero-order chi connectivity index (χ0) is 11.3. The highest BCUT2D eigenvalue weighted by Gasteiger charge is 2.38. The third kappa shape index (κ3) is 1.39. The molecular formula is C12H17N3S. The van der Waals surface area contributed by atoms with Crippen molar-refractivity contribution in [1.29, 1.82) is 0 Å². The molecule has 0 radical (unpaired) electrons. The lowest BCUT2D eigenvalue weighted by molar-refractivity contribution is 0.409. The highest BCUT2D eigenvalue weighted by molar-refractivity contribution is 7.71. The minimum atomic E-state index is 0.427. The highest BCUT2D eigenvalue weighted by Crippen LogP contribution is 2.46. The van der Waals surface area contributed by atoms with Crippen LogP contribution in [0.5, 0.6) is 0 Å². The van der Waals surface area contributed by atoms with E-state index in [-0.39, 0.29) is 0 Å². The number of fused-ring (bicyclic) bond motifs is 2. The number of aromatic nitrogens is 3. The molecule has 0 aliphatic heterocycles. The Morgan fingerprint density at radius 1 is 1.44 bits per heavy atom. The summed E-state index contributed by atoms with van der Waals surface area (Å²) >= 11 is 5.37. The van der Waals surface area contributed by atoms with Crippen LogP contribution in [0, 0.1) is 16.6 Å². The number of nitrogens with zero attached hydrogens (tertiary/aromatic N) is 2. The molecule has 1 aromatic rings. The fourth-order valence-electron chi connectivity index (χ4n) is 3.09. The van der Waals surface area contributed by atoms with E-state index in [2.05, 4.69) is 40.8 Å². The molecule has 1 fully saturated rings. The van der Waals surface area contributed by atoms with E-state index in [1.807, 2.05) is 0 Å². The van der Waals surface area contributed by atoms with Crippen LogP contribution in [0.25, 0.3) is 0 Å². The Kier molecular flexibility index (Phi) is 2.28. The average Bonchev–Trinajstić information content (AvgIpc) is 2.90. The molecular weight excluding hydrogens is 218 g/mol. The number of H-pyrrole nitrogens is 1. The standard InChI is InChI=1S/C12H17N3S/c1-7(2)11-13-14-12(16)15(11)10-6-8-3-4-9(10)5-8/h3-4,7-10H,5-6H2,1-2H3,(H,14,16)/t8-,9+,10+/m1/s1. The smallest absolute Gasteiger partial charge is 0.195 e. The summed E-state index contributed by atoms with van der Waals surface area (Å²) < 4.78 is 3.04. The Hall–Kier alpha value is -0.900. The topological polar surface area (TPSA) is 33.6 Å². The van der Waals surface area contributed by atoms with E-state index in [1.54, 1.807) is 0 Å². The van der Waals surface area contributed by atoms with Gasteiger partial charge in [-0.15, -0.1) is 0 Å². The predicted molar refractivity (Wildman–Crippen MR) is 65.9 cm³/mol. The van der Waals surface area contributed by atoms with Gasteiger partial charge < -0.3 is 4.57 Å². The van der Waals surface area contributed by atoms with Crippen molar-refractivity contribution in [2.24, 2.45) is 11.8 Å². The number of rotatable bonds is 2. The monoisotopic (exact) mass is 235 g/mol. The molecule has 2 aliphatic rings. The van der Waals surface area contributed by atoms with Crippen LogP contribution >= 0.6 is 12.2 Å². The second-order valence-electron chi connectivity index (χ2n) is 5.26. The second kappa shape index (κ2) is 3.55. The van der Waals surface area contributed by atoms with Gasteiger partial charge in [-0.05, 0) is 36.9 Å². The molecule has 1 N–H and O–H groups in total. The molecule has 2 aliphatic carbocycles. The van der Waals surface area contributed by atoms with E-state index in [1.165, 1.54) is 12.8 Å². The molecule has 2 bridgehead atoms. The van der Waals surface area contributed by atoms with Crippen molar-refractivity contribution >= 4 is 12.2 Å². The molecule has 1 heterocycles. The van der Waals surface area contributed by atoms with Crippen LogP contribution in [0.4, 0.5) is 0 Å². The first-order valence-corrected chi connectivity index (χ1v) is 6.42. The lowest BCUT2D eigenvalue weighted by atomic mass is 10.0. The molecule has 0 spiro atoms. The first-order valence-electron chi connectivity index (χ1n) is 6.02. The van der Waals surface area contributed by atoms with E-state index in [4.69, 9.17) is 12.2 Å². The van der Waals surface area contributed by atoms with Gasteiger partial charge in [-0.2, -0.15) is 5.10 Å². The summed E-state index contributed by atoms with van der Waals surface area (Å²) in [6.45, 7) is 4.34. The number of hydrogen-bond acceptors (Lipinski definition) is 2. The predicted octanol–water partition coefficient (Wildman–Crippen LogP) is 3.20. The van der Waals surface area contributed by atoms with Gasteiger partial charge in [0.05, 0.1) is 0 Å². The lowest BCUT2D eigenvalue weighted by Gasteiger charge is -2.22. The number of aromatic amines is 1. The molecule has 0 unspecified atom stereocenters. The van der Waals surface area contributed by atoms with Gasteiger partial charge in [-0.1, -0.05) is 26.0 Å². The zero-order valence-electron chi connectivity index (χ0n) is 9.68. The lowest BCUT2D eigenvalue weighted by Crippen LogP contribution is -2.17. The Morgan fingerprint density at radius 3 is 2.81 bits per heavy atom. The van der Waals surface area contributed by atoms with Gasteiger partial charge in [0.1, 0.15) is 5.82 Å². The minimum absolute atomic E-state index is 0.427. The van der Waals surface area contributed by atoms with Crippen molar-refractivity contribution < 1.29 is 0 Å². The third-order valence-electron chi connectivity index (χ3n) is 3.82. The van der Waals surface area contributed by atoms with Gasteiger partial charge in [0.15, 0.2) is 4.77 Å². The van der Waals surface area contributed by atoms with Gasteiger partial charge >= 0.3 is 0 Å². The summed E-state index contributed by atoms with van der Waals surface area (Å²) in [6, 6.07) is 0.540. The molecule has 3 nitrogen and oxygen atoms in total. The summed E-state index contributed by atoms with van der Waals surface area (Å²) in [7, 11) is 0. The summed E-state index contributed by atoms with van der Waals surface area (Å²) in [5, 5.41) is 7.31. The Morgan fingerprint density at radius 2 is 2.25 bits per heavy atom. The molecule has 3 rings (SSSR count). The van der Waals surface area contributed by atoms with Crippen LogP contribution in [0.3, 0.4) is 0 Å². The average molecular weight is 235 g/mol. The SMILES string of the molecule is CC(C)c1n[nH]c(=S)n1[C@H]1C[C@@H]2C=C[C@H]1C2. The molecule has 0 aromatic carbocycles. The maximum atomic E-state index is 5.37. The van der Waals surface area contributed by atoms with E-state index in [9.17, 15) is 0 Å². The number of allylic oxidation sites excluding steroid dienone is 2. The summed E-state index contributed by atoms with van der Waals surface area (Å²) in [5.41, 5.74) is 0. The quantitative estimate of drug-likeness (QED) is 0.631. The van der Waals surface area contributed by atoms with Gasteiger partial charge in [0.2, 0.25) is 0 Å². The normalized spacial score (nSPS) is 31.8. The van der Waals surface area contributed by atoms with Gasteiger partial charge in [0.25, 0.3) is 0 Å². The molecule has 1 saturated carbocycles. The molecule has 4 heteroatoms. The van der Waals surface area contributed by atoms with Crippen molar-refractivity contribution in [2.45, 2.75) is 38.6 Å². The van der Waals surface area contributed by atoms with Crippen LogP contribution < -0.4 is 0 Å². The van der Waals surface area contributed by atoms with Crippen LogP contribution in [-0.4, -0.2) is 14.8 Å². The second-order valence-corrected chi connectivity index (χ2v) is 5.65.